The monoisotopic (exact) mass is 413 g/mol. The van der Waals surface area contributed by atoms with Gasteiger partial charge in [-0.1, -0.05) is 17.7 Å². The first-order valence-corrected chi connectivity index (χ1v) is 10.2. The highest BCUT2D eigenvalue weighted by Gasteiger charge is 2.38. The second-order valence-electron chi connectivity index (χ2n) is 7.40. The zero-order valence-electron chi connectivity index (χ0n) is 16.4. The standard InChI is InChI=1S/C22H24ClN3O3/c1-29-20-7-5-18(6-8-20)26-15-16(13-21(26)27)22(28)25-11-9-24(10-12-25)19-4-2-3-17(23)14-19/h2-8,14,16H,9-13,15H2,1H3. The van der Waals surface area contributed by atoms with Gasteiger partial charge in [0.05, 0.1) is 13.0 Å². The average molecular weight is 414 g/mol. The lowest BCUT2D eigenvalue weighted by atomic mass is 10.1. The summed E-state index contributed by atoms with van der Waals surface area (Å²) in [4.78, 5) is 31.3. The van der Waals surface area contributed by atoms with Crippen molar-refractivity contribution in [2.75, 3.05) is 49.6 Å². The maximum absolute atomic E-state index is 13.0. The van der Waals surface area contributed by atoms with E-state index >= 15 is 0 Å². The lowest BCUT2D eigenvalue weighted by molar-refractivity contribution is -0.136. The Morgan fingerprint density at radius 2 is 1.76 bits per heavy atom. The number of halogens is 1. The van der Waals surface area contributed by atoms with Crippen LogP contribution in [-0.4, -0.2) is 56.5 Å². The van der Waals surface area contributed by atoms with Crippen molar-refractivity contribution in [3.8, 4) is 5.75 Å². The summed E-state index contributed by atoms with van der Waals surface area (Å²) in [6.45, 7) is 3.25. The molecule has 0 radical (unpaired) electrons. The Labute approximate surface area is 175 Å². The van der Waals surface area contributed by atoms with E-state index in [4.69, 9.17) is 16.3 Å². The van der Waals surface area contributed by atoms with Gasteiger partial charge in [0.1, 0.15) is 5.75 Å². The molecule has 6 nitrogen and oxygen atoms in total. The molecule has 4 rings (SSSR count). The lowest BCUT2D eigenvalue weighted by Crippen LogP contribution is -2.50. The molecule has 0 N–H and O–H groups in total. The van der Waals surface area contributed by atoms with E-state index in [1.807, 2.05) is 53.4 Å². The molecule has 1 unspecified atom stereocenters. The van der Waals surface area contributed by atoms with Crippen molar-refractivity contribution >= 4 is 34.8 Å². The van der Waals surface area contributed by atoms with Gasteiger partial charge in [0.15, 0.2) is 0 Å². The summed E-state index contributed by atoms with van der Waals surface area (Å²) < 4.78 is 5.17. The number of piperazine rings is 1. The Kier molecular flexibility index (Phi) is 5.62. The van der Waals surface area contributed by atoms with Crippen molar-refractivity contribution in [2.45, 2.75) is 6.42 Å². The molecular weight excluding hydrogens is 390 g/mol. The van der Waals surface area contributed by atoms with E-state index in [9.17, 15) is 9.59 Å². The zero-order valence-corrected chi connectivity index (χ0v) is 17.1. The molecule has 2 amide bonds. The van der Waals surface area contributed by atoms with Crippen LogP contribution in [0.1, 0.15) is 6.42 Å². The molecule has 0 aliphatic carbocycles. The van der Waals surface area contributed by atoms with E-state index < -0.39 is 0 Å². The maximum Gasteiger partial charge on any atom is 0.228 e. The van der Waals surface area contributed by atoms with E-state index in [1.54, 1.807) is 12.0 Å². The minimum atomic E-state index is -0.290. The summed E-state index contributed by atoms with van der Waals surface area (Å²) >= 11 is 6.09. The topological polar surface area (TPSA) is 53.1 Å². The Hall–Kier alpha value is -2.73. The van der Waals surface area contributed by atoms with Gasteiger partial charge < -0.3 is 19.4 Å². The zero-order chi connectivity index (χ0) is 20.4. The normalized spacial score (nSPS) is 19.6. The predicted octanol–water partition coefficient (Wildman–Crippen LogP) is 3.05. The fourth-order valence-corrected chi connectivity index (χ4v) is 4.19. The van der Waals surface area contributed by atoms with E-state index in [-0.39, 0.29) is 24.2 Å². The van der Waals surface area contributed by atoms with E-state index in [1.165, 1.54) is 0 Å². The van der Waals surface area contributed by atoms with Crippen LogP contribution < -0.4 is 14.5 Å². The third-order valence-corrected chi connectivity index (χ3v) is 5.86. The SMILES string of the molecule is COc1ccc(N2CC(C(=O)N3CCN(c4cccc(Cl)c4)CC3)CC2=O)cc1. The number of amides is 2. The smallest absolute Gasteiger partial charge is 0.228 e. The lowest BCUT2D eigenvalue weighted by Gasteiger charge is -2.37. The molecule has 29 heavy (non-hydrogen) atoms. The summed E-state index contributed by atoms with van der Waals surface area (Å²) in [6.07, 6.45) is 0.263. The van der Waals surface area contributed by atoms with Gasteiger partial charge in [0.25, 0.3) is 0 Å². The number of nitrogens with zero attached hydrogens (tertiary/aromatic N) is 3. The first-order chi connectivity index (χ1) is 14.0. The van der Waals surface area contributed by atoms with Crippen molar-refractivity contribution in [2.24, 2.45) is 5.92 Å². The molecule has 2 aromatic rings. The fourth-order valence-electron chi connectivity index (χ4n) is 4.00. The van der Waals surface area contributed by atoms with Gasteiger partial charge in [0, 0.05) is 55.5 Å². The summed E-state index contributed by atoms with van der Waals surface area (Å²) in [6, 6.07) is 15.1. The highest BCUT2D eigenvalue weighted by Crippen LogP contribution is 2.28. The van der Waals surface area contributed by atoms with Crippen molar-refractivity contribution < 1.29 is 14.3 Å². The molecule has 0 spiro atoms. The maximum atomic E-state index is 13.0. The second-order valence-corrected chi connectivity index (χ2v) is 7.83. The van der Waals surface area contributed by atoms with Crippen molar-refractivity contribution in [3.05, 3.63) is 53.6 Å². The Morgan fingerprint density at radius 1 is 1.03 bits per heavy atom. The molecule has 2 saturated heterocycles. The number of carbonyl (C=O) groups excluding carboxylic acids is 2. The van der Waals surface area contributed by atoms with Gasteiger partial charge in [-0.05, 0) is 42.5 Å². The number of methoxy groups -OCH3 is 1. The van der Waals surface area contributed by atoms with Crippen LogP contribution in [0.25, 0.3) is 0 Å². The Balaban J connectivity index is 1.36. The number of anilines is 2. The van der Waals surface area contributed by atoms with Gasteiger partial charge in [0.2, 0.25) is 11.8 Å². The number of rotatable bonds is 4. The van der Waals surface area contributed by atoms with Crippen LogP contribution >= 0.6 is 11.6 Å². The summed E-state index contributed by atoms with van der Waals surface area (Å²) in [7, 11) is 1.61. The molecule has 2 heterocycles. The van der Waals surface area contributed by atoms with Gasteiger partial charge in [-0.2, -0.15) is 0 Å². The predicted molar refractivity (Wildman–Crippen MR) is 114 cm³/mol. The molecule has 2 fully saturated rings. The highest BCUT2D eigenvalue weighted by atomic mass is 35.5. The van der Waals surface area contributed by atoms with Gasteiger partial charge in [-0.15, -0.1) is 0 Å². The summed E-state index contributed by atoms with van der Waals surface area (Å²) in [5.74, 6) is 0.513. The highest BCUT2D eigenvalue weighted by molar-refractivity contribution is 6.30. The van der Waals surface area contributed by atoms with Gasteiger partial charge in [-0.3, -0.25) is 9.59 Å². The minimum Gasteiger partial charge on any atom is -0.497 e. The molecule has 0 bridgehead atoms. The molecule has 2 aliphatic heterocycles. The number of ether oxygens (including phenoxy) is 1. The molecule has 1 atom stereocenters. The molecule has 0 aromatic heterocycles. The Morgan fingerprint density at radius 3 is 2.41 bits per heavy atom. The quantitative estimate of drug-likeness (QED) is 0.773. The van der Waals surface area contributed by atoms with E-state index in [0.29, 0.717) is 24.7 Å². The minimum absolute atomic E-state index is 0.00826. The number of benzene rings is 2. The number of hydrogen-bond donors (Lipinski definition) is 0. The molecule has 0 saturated carbocycles. The van der Waals surface area contributed by atoms with Crippen LogP contribution in [-0.2, 0) is 9.59 Å². The average Bonchev–Trinajstić information content (AvgIpc) is 3.15. The number of carbonyl (C=O) groups is 2. The molecule has 2 aliphatic rings. The Bertz CT molecular complexity index is 894. The largest absolute Gasteiger partial charge is 0.497 e. The third kappa shape index (κ3) is 4.17. The van der Waals surface area contributed by atoms with Gasteiger partial charge >= 0.3 is 0 Å². The van der Waals surface area contributed by atoms with Crippen molar-refractivity contribution in [1.29, 1.82) is 0 Å². The van der Waals surface area contributed by atoms with Gasteiger partial charge in [-0.25, -0.2) is 0 Å². The van der Waals surface area contributed by atoms with Crippen LogP contribution in [0.15, 0.2) is 48.5 Å². The van der Waals surface area contributed by atoms with Crippen molar-refractivity contribution in [3.63, 3.8) is 0 Å². The van der Waals surface area contributed by atoms with Crippen LogP contribution in [0.5, 0.6) is 5.75 Å². The summed E-state index contributed by atoms with van der Waals surface area (Å²) in [5, 5.41) is 0.712. The second kappa shape index (κ2) is 8.33. The van der Waals surface area contributed by atoms with Crippen LogP contribution in [0.4, 0.5) is 11.4 Å². The first kappa shape index (κ1) is 19.6. The first-order valence-electron chi connectivity index (χ1n) is 9.79. The number of hydrogen-bond acceptors (Lipinski definition) is 4. The molecule has 2 aromatic carbocycles. The van der Waals surface area contributed by atoms with Crippen molar-refractivity contribution in [1.82, 2.24) is 4.90 Å². The van der Waals surface area contributed by atoms with E-state index in [2.05, 4.69) is 4.90 Å². The fraction of sp³-hybridized carbons (Fsp3) is 0.364. The molecule has 7 heteroatoms. The van der Waals surface area contributed by atoms with Crippen LogP contribution in [0.3, 0.4) is 0 Å². The molecular formula is C22H24ClN3O3. The summed E-state index contributed by atoms with van der Waals surface area (Å²) in [5.41, 5.74) is 1.88. The van der Waals surface area contributed by atoms with E-state index in [0.717, 1.165) is 30.2 Å². The third-order valence-electron chi connectivity index (χ3n) is 5.62. The van der Waals surface area contributed by atoms with Crippen LogP contribution in [0.2, 0.25) is 5.02 Å². The van der Waals surface area contributed by atoms with Crippen LogP contribution in [0, 0.1) is 5.92 Å². The molecule has 152 valence electrons.